The van der Waals surface area contributed by atoms with E-state index in [1.165, 1.54) is 0 Å². The van der Waals surface area contributed by atoms with Crippen molar-refractivity contribution >= 4 is 17.8 Å². The number of nitrogens with zero attached hydrogens (tertiary/aromatic N) is 1. The molecule has 2 aromatic carbocycles. The highest BCUT2D eigenvalue weighted by atomic mass is 16.6. The Balaban J connectivity index is 1.28. The van der Waals surface area contributed by atoms with Crippen LogP contribution in [0.15, 0.2) is 42.5 Å². The van der Waals surface area contributed by atoms with Gasteiger partial charge in [0.25, 0.3) is 5.91 Å². The number of hydrogen-bond acceptors (Lipinski definition) is 5. The maximum atomic E-state index is 13.2. The van der Waals surface area contributed by atoms with Gasteiger partial charge in [-0.2, -0.15) is 0 Å². The molecule has 0 unspecified atom stereocenters. The lowest BCUT2D eigenvalue weighted by molar-refractivity contribution is -0.135. The molecular formula is C23H23N3O5. The minimum Gasteiger partial charge on any atom is -0.486 e. The molecular weight excluding hydrogens is 398 g/mol. The molecule has 0 saturated carbocycles. The highest BCUT2D eigenvalue weighted by molar-refractivity contribution is 6.09. The van der Waals surface area contributed by atoms with Crippen molar-refractivity contribution < 1.29 is 23.9 Å². The van der Waals surface area contributed by atoms with Gasteiger partial charge in [-0.3, -0.25) is 14.5 Å². The van der Waals surface area contributed by atoms with Crippen LogP contribution in [0.1, 0.15) is 36.1 Å². The van der Waals surface area contributed by atoms with Gasteiger partial charge < -0.3 is 20.1 Å². The summed E-state index contributed by atoms with van der Waals surface area (Å²) in [6.45, 7) is 2.50. The first kappa shape index (κ1) is 19.4. The maximum Gasteiger partial charge on any atom is 0.325 e. The lowest BCUT2D eigenvalue weighted by Crippen LogP contribution is -2.44. The van der Waals surface area contributed by atoms with E-state index < -0.39 is 17.5 Å². The first-order valence-corrected chi connectivity index (χ1v) is 10.4. The fraction of sp³-hybridized carbons (Fsp3) is 0.348. The molecule has 31 heavy (non-hydrogen) atoms. The zero-order chi connectivity index (χ0) is 21.6. The number of carbonyl (C=O) groups excluding carboxylic acids is 3. The quantitative estimate of drug-likeness (QED) is 0.737. The van der Waals surface area contributed by atoms with Crippen molar-refractivity contribution in [1.29, 1.82) is 0 Å². The van der Waals surface area contributed by atoms with E-state index in [2.05, 4.69) is 10.6 Å². The number of amides is 4. The Morgan fingerprint density at radius 1 is 1.16 bits per heavy atom. The molecule has 160 valence electrons. The number of imide groups is 1. The molecule has 5 rings (SSSR count). The number of aryl methyl sites for hydroxylation is 1. The van der Waals surface area contributed by atoms with Crippen LogP contribution in [0.4, 0.5) is 4.79 Å². The Hall–Kier alpha value is -3.55. The number of rotatable bonds is 4. The number of nitrogens with one attached hydrogen (secondary N) is 2. The average molecular weight is 421 g/mol. The summed E-state index contributed by atoms with van der Waals surface area (Å²) in [5, 5.41) is 5.70. The minimum atomic E-state index is -1.06. The van der Waals surface area contributed by atoms with Crippen LogP contribution < -0.4 is 20.1 Å². The average Bonchev–Trinajstić information content (AvgIpc) is 3.26. The smallest absolute Gasteiger partial charge is 0.325 e. The molecule has 8 nitrogen and oxygen atoms in total. The molecule has 1 fully saturated rings. The molecule has 1 saturated heterocycles. The predicted octanol–water partition coefficient (Wildman–Crippen LogP) is 2.03. The number of urea groups is 1. The summed E-state index contributed by atoms with van der Waals surface area (Å²) < 4.78 is 11.1. The number of fused-ring (bicyclic) bond motifs is 3. The van der Waals surface area contributed by atoms with Gasteiger partial charge in [-0.1, -0.05) is 30.3 Å². The van der Waals surface area contributed by atoms with E-state index in [0.717, 1.165) is 21.6 Å². The number of carbonyl (C=O) groups is 3. The van der Waals surface area contributed by atoms with Crippen LogP contribution in [-0.2, 0) is 21.5 Å². The SMILES string of the molecule is C[C@H](NC(=O)CN1C(=O)N[C@@]2(CCc3ccccc32)C1=O)c1ccc2c(c1)OCCO2. The standard InChI is InChI=1S/C23H23N3O5/c1-14(16-6-7-18-19(12-16)31-11-10-30-18)24-20(27)13-26-21(28)23(25-22(26)29)9-8-15-4-2-3-5-17(15)23/h2-7,12,14H,8-11,13H2,1H3,(H,24,27)(H,25,29)/t14-,23+/m0/s1. The van der Waals surface area contributed by atoms with Crippen LogP contribution in [0.5, 0.6) is 11.5 Å². The highest BCUT2D eigenvalue weighted by Crippen LogP contribution is 2.41. The van der Waals surface area contributed by atoms with Crippen molar-refractivity contribution in [2.75, 3.05) is 19.8 Å². The fourth-order valence-corrected chi connectivity index (χ4v) is 4.58. The van der Waals surface area contributed by atoms with Gasteiger partial charge in [-0.25, -0.2) is 4.79 Å². The fourth-order valence-electron chi connectivity index (χ4n) is 4.58. The highest BCUT2D eigenvalue weighted by Gasteiger charge is 2.55. The maximum absolute atomic E-state index is 13.2. The van der Waals surface area contributed by atoms with Crippen LogP contribution >= 0.6 is 0 Å². The molecule has 0 aromatic heterocycles. The summed E-state index contributed by atoms with van der Waals surface area (Å²) >= 11 is 0. The van der Waals surface area contributed by atoms with Gasteiger partial charge in [0, 0.05) is 0 Å². The summed E-state index contributed by atoms with van der Waals surface area (Å²) in [7, 11) is 0. The van der Waals surface area contributed by atoms with E-state index in [1.807, 2.05) is 49.4 Å². The summed E-state index contributed by atoms with van der Waals surface area (Å²) in [6, 6.07) is 12.2. The molecule has 2 N–H and O–H groups in total. The first-order valence-electron chi connectivity index (χ1n) is 10.4. The summed E-state index contributed by atoms with van der Waals surface area (Å²) in [5.74, 6) is 0.537. The molecule has 2 atom stereocenters. The lowest BCUT2D eigenvalue weighted by Gasteiger charge is -2.23. The Bertz CT molecular complexity index is 1080. The van der Waals surface area contributed by atoms with Crippen molar-refractivity contribution in [2.24, 2.45) is 0 Å². The van der Waals surface area contributed by atoms with Gasteiger partial charge in [0.1, 0.15) is 25.3 Å². The lowest BCUT2D eigenvalue weighted by atomic mass is 9.92. The van der Waals surface area contributed by atoms with E-state index in [-0.39, 0.29) is 18.5 Å². The Morgan fingerprint density at radius 2 is 1.94 bits per heavy atom. The van der Waals surface area contributed by atoms with Gasteiger partial charge in [0.15, 0.2) is 11.5 Å². The van der Waals surface area contributed by atoms with Crippen LogP contribution in [0.2, 0.25) is 0 Å². The second-order valence-electron chi connectivity index (χ2n) is 8.08. The molecule has 2 heterocycles. The van der Waals surface area contributed by atoms with Crippen LogP contribution in [0.3, 0.4) is 0 Å². The van der Waals surface area contributed by atoms with Crippen molar-refractivity contribution in [3.05, 3.63) is 59.2 Å². The largest absolute Gasteiger partial charge is 0.486 e. The zero-order valence-corrected chi connectivity index (χ0v) is 17.1. The van der Waals surface area contributed by atoms with E-state index in [4.69, 9.17) is 9.47 Å². The zero-order valence-electron chi connectivity index (χ0n) is 17.1. The summed E-state index contributed by atoms with van der Waals surface area (Å²) in [5.41, 5.74) is 1.65. The second kappa shape index (κ2) is 7.30. The third-order valence-electron chi connectivity index (χ3n) is 6.17. The van der Waals surface area contributed by atoms with E-state index >= 15 is 0 Å². The van der Waals surface area contributed by atoms with Crippen molar-refractivity contribution in [1.82, 2.24) is 15.5 Å². The number of ether oxygens (including phenoxy) is 2. The van der Waals surface area contributed by atoms with E-state index in [1.54, 1.807) is 0 Å². The summed E-state index contributed by atoms with van der Waals surface area (Å²) in [6.07, 6.45) is 1.21. The minimum absolute atomic E-state index is 0.328. The molecule has 2 aromatic rings. The van der Waals surface area contributed by atoms with Crippen molar-refractivity contribution in [2.45, 2.75) is 31.3 Å². The third-order valence-corrected chi connectivity index (χ3v) is 6.17. The van der Waals surface area contributed by atoms with Gasteiger partial charge in [0.05, 0.1) is 6.04 Å². The molecule has 4 amide bonds. The molecule has 8 heteroatoms. The molecule has 0 bridgehead atoms. The molecule has 1 spiro atoms. The monoisotopic (exact) mass is 421 g/mol. The molecule has 1 aliphatic carbocycles. The van der Waals surface area contributed by atoms with Gasteiger partial charge >= 0.3 is 6.03 Å². The van der Waals surface area contributed by atoms with Crippen molar-refractivity contribution in [3.8, 4) is 11.5 Å². The van der Waals surface area contributed by atoms with Gasteiger partial charge in [0.2, 0.25) is 5.91 Å². The Kier molecular flexibility index (Phi) is 4.57. The first-order chi connectivity index (χ1) is 15.0. The van der Waals surface area contributed by atoms with Crippen LogP contribution in [-0.4, -0.2) is 42.5 Å². The second-order valence-corrected chi connectivity index (χ2v) is 8.08. The Labute approximate surface area is 179 Å². The third kappa shape index (κ3) is 3.19. The number of benzene rings is 2. The van der Waals surface area contributed by atoms with E-state index in [0.29, 0.717) is 37.6 Å². The summed E-state index contributed by atoms with van der Waals surface area (Å²) in [4.78, 5) is 39.5. The van der Waals surface area contributed by atoms with Crippen LogP contribution in [0, 0.1) is 0 Å². The van der Waals surface area contributed by atoms with Crippen LogP contribution in [0.25, 0.3) is 0 Å². The Morgan fingerprint density at radius 3 is 2.77 bits per heavy atom. The van der Waals surface area contributed by atoms with Gasteiger partial charge in [-0.15, -0.1) is 0 Å². The topological polar surface area (TPSA) is 97.0 Å². The van der Waals surface area contributed by atoms with E-state index in [9.17, 15) is 14.4 Å². The van der Waals surface area contributed by atoms with Gasteiger partial charge in [-0.05, 0) is 48.6 Å². The van der Waals surface area contributed by atoms with Crippen molar-refractivity contribution in [3.63, 3.8) is 0 Å². The normalized spacial score (nSPS) is 22.3. The molecule has 2 aliphatic heterocycles. The molecule has 3 aliphatic rings. The molecule has 0 radical (unpaired) electrons. The number of hydrogen-bond donors (Lipinski definition) is 2. The predicted molar refractivity (Wildman–Crippen MR) is 111 cm³/mol.